The summed E-state index contributed by atoms with van der Waals surface area (Å²) in [5.74, 6) is 9.43. The molecule has 0 amide bonds. The van der Waals surface area contributed by atoms with Gasteiger partial charge in [-0.25, -0.2) is 9.97 Å². The van der Waals surface area contributed by atoms with Crippen LogP contribution in [-0.2, 0) is 21.4 Å². The van der Waals surface area contributed by atoms with E-state index in [-0.39, 0.29) is 17.0 Å². The topological polar surface area (TPSA) is 61.3 Å². The first kappa shape index (κ1) is 30.0. The third-order valence-corrected chi connectivity index (χ3v) is 7.85. The number of ether oxygens (including phenoxy) is 2. The molecule has 38 heavy (non-hydrogen) atoms. The lowest BCUT2D eigenvalue weighted by Crippen LogP contribution is -2.41. The van der Waals surface area contributed by atoms with Gasteiger partial charge in [0.05, 0.1) is 12.2 Å². The number of nitrogens with zero attached hydrogens (tertiary/aromatic N) is 2. The molecule has 0 aliphatic carbocycles. The molecule has 0 atom stereocenters. The predicted octanol–water partition coefficient (Wildman–Crippen LogP) is 7.66. The van der Waals surface area contributed by atoms with Gasteiger partial charge in [-0.15, -0.1) is 11.8 Å². The standard InChI is InChI=1S/C32H44N2O3S/c1-7-9-10-13-18-38-28-20-27-26(31(3,4)23-32(5,6)37-27)19-25(28)17-16-24-21-33-29(34-22-24)14-11-12-15-30(35)36-8-2/h19-22H,7-15,18,23H2,1-6H3. The Morgan fingerprint density at radius 1 is 1.03 bits per heavy atom. The summed E-state index contributed by atoms with van der Waals surface area (Å²) in [5.41, 5.74) is 2.89. The van der Waals surface area contributed by atoms with Crippen molar-refractivity contribution in [3.8, 4) is 17.6 Å². The van der Waals surface area contributed by atoms with Crippen LogP contribution >= 0.6 is 11.8 Å². The number of thioether (sulfide) groups is 1. The molecule has 206 valence electrons. The van der Waals surface area contributed by atoms with Crippen molar-refractivity contribution in [2.24, 2.45) is 0 Å². The maximum Gasteiger partial charge on any atom is 0.305 e. The van der Waals surface area contributed by atoms with E-state index in [2.05, 4.69) is 68.6 Å². The second-order valence-corrected chi connectivity index (χ2v) is 12.5. The zero-order valence-electron chi connectivity index (χ0n) is 24.1. The van der Waals surface area contributed by atoms with Gasteiger partial charge in [0, 0.05) is 41.3 Å². The highest BCUT2D eigenvalue weighted by molar-refractivity contribution is 7.99. The average Bonchev–Trinajstić information content (AvgIpc) is 2.85. The van der Waals surface area contributed by atoms with E-state index in [1.54, 1.807) is 12.4 Å². The number of aromatic nitrogens is 2. The quantitative estimate of drug-likeness (QED) is 0.120. The Morgan fingerprint density at radius 3 is 2.50 bits per heavy atom. The Kier molecular flexibility index (Phi) is 11.1. The summed E-state index contributed by atoms with van der Waals surface area (Å²) in [4.78, 5) is 21.7. The SMILES string of the molecule is CCCCCCSc1cc2c(cc1C#Cc1cnc(CCCCC(=O)OCC)nc1)C(C)(C)CC(C)(C)O2. The van der Waals surface area contributed by atoms with Crippen LogP contribution in [0.3, 0.4) is 0 Å². The molecule has 2 aromatic rings. The first-order valence-corrected chi connectivity index (χ1v) is 15.1. The van der Waals surface area contributed by atoms with Crippen molar-refractivity contribution in [3.63, 3.8) is 0 Å². The van der Waals surface area contributed by atoms with Crippen molar-refractivity contribution in [1.29, 1.82) is 0 Å². The molecule has 1 aromatic heterocycles. The largest absolute Gasteiger partial charge is 0.487 e. The van der Waals surface area contributed by atoms with Crippen molar-refractivity contribution >= 4 is 17.7 Å². The number of carbonyl (C=O) groups is 1. The molecule has 0 saturated carbocycles. The molecule has 0 spiro atoms. The number of hydrogen-bond acceptors (Lipinski definition) is 6. The molecular weight excluding hydrogens is 492 g/mol. The van der Waals surface area contributed by atoms with Gasteiger partial charge in [-0.05, 0) is 69.8 Å². The third-order valence-electron chi connectivity index (χ3n) is 6.70. The van der Waals surface area contributed by atoms with Crippen LogP contribution in [0.15, 0.2) is 29.4 Å². The van der Waals surface area contributed by atoms with Gasteiger partial charge >= 0.3 is 5.97 Å². The van der Waals surface area contributed by atoms with E-state index < -0.39 is 0 Å². The van der Waals surface area contributed by atoms with Crippen LogP contribution in [0.25, 0.3) is 0 Å². The van der Waals surface area contributed by atoms with Crippen molar-refractivity contribution in [2.75, 3.05) is 12.4 Å². The number of benzene rings is 1. The maximum absolute atomic E-state index is 11.5. The van der Waals surface area contributed by atoms with Gasteiger partial charge in [-0.1, -0.05) is 51.9 Å². The van der Waals surface area contributed by atoms with Gasteiger partial charge in [0.15, 0.2) is 0 Å². The molecule has 0 bridgehead atoms. The first-order chi connectivity index (χ1) is 18.1. The molecule has 1 aromatic carbocycles. The van der Waals surface area contributed by atoms with E-state index in [0.29, 0.717) is 13.0 Å². The van der Waals surface area contributed by atoms with E-state index >= 15 is 0 Å². The number of esters is 1. The van der Waals surface area contributed by atoms with Crippen molar-refractivity contribution in [2.45, 2.75) is 115 Å². The number of aryl methyl sites for hydroxylation is 1. The molecule has 0 unspecified atom stereocenters. The minimum Gasteiger partial charge on any atom is -0.487 e. The summed E-state index contributed by atoms with van der Waals surface area (Å²) in [6.07, 6.45) is 12.4. The fourth-order valence-electron chi connectivity index (χ4n) is 5.07. The summed E-state index contributed by atoms with van der Waals surface area (Å²) < 4.78 is 11.4. The Balaban J connectivity index is 1.74. The molecule has 0 radical (unpaired) electrons. The zero-order chi connectivity index (χ0) is 27.6. The lowest BCUT2D eigenvalue weighted by atomic mass is 9.73. The monoisotopic (exact) mass is 536 g/mol. The van der Waals surface area contributed by atoms with E-state index in [4.69, 9.17) is 9.47 Å². The number of carbonyl (C=O) groups excluding carboxylic acids is 1. The highest BCUT2D eigenvalue weighted by Crippen LogP contribution is 2.46. The second-order valence-electron chi connectivity index (χ2n) is 11.3. The van der Waals surface area contributed by atoms with E-state index in [0.717, 1.165) is 54.1 Å². The number of unbranched alkanes of at least 4 members (excludes halogenated alkanes) is 4. The second kappa shape index (κ2) is 14.0. The predicted molar refractivity (Wildman–Crippen MR) is 156 cm³/mol. The smallest absolute Gasteiger partial charge is 0.305 e. The van der Waals surface area contributed by atoms with Crippen LogP contribution in [0.2, 0.25) is 0 Å². The van der Waals surface area contributed by atoms with E-state index in [9.17, 15) is 4.79 Å². The molecule has 6 heteroatoms. The summed E-state index contributed by atoms with van der Waals surface area (Å²) in [7, 11) is 0. The van der Waals surface area contributed by atoms with E-state index in [1.165, 1.54) is 36.1 Å². The minimum absolute atomic E-state index is 0.00979. The molecule has 1 aliphatic heterocycles. The first-order valence-electron chi connectivity index (χ1n) is 14.1. The summed E-state index contributed by atoms with van der Waals surface area (Å²) in [6.45, 7) is 13.4. The van der Waals surface area contributed by atoms with Crippen LogP contribution in [0.5, 0.6) is 5.75 Å². The summed E-state index contributed by atoms with van der Waals surface area (Å²) in [6, 6.07) is 4.45. The molecule has 3 rings (SSSR count). The molecule has 5 nitrogen and oxygen atoms in total. The number of hydrogen-bond donors (Lipinski definition) is 0. The van der Waals surface area contributed by atoms with Gasteiger partial charge in [0.2, 0.25) is 0 Å². The number of fused-ring (bicyclic) bond motifs is 1. The lowest BCUT2D eigenvalue weighted by molar-refractivity contribution is -0.143. The van der Waals surface area contributed by atoms with Gasteiger partial charge < -0.3 is 9.47 Å². The average molecular weight is 537 g/mol. The molecule has 2 heterocycles. The molecule has 0 saturated heterocycles. The normalized spacial score (nSPS) is 15.1. The lowest BCUT2D eigenvalue weighted by Gasteiger charge is -2.42. The molecule has 0 fully saturated rings. The Hall–Kier alpha value is -2.52. The summed E-state index contributed by atoms with van der Waals surface area (Å²) in [5, 5.41) is 0. The Labute approximate surface area is 233 Å². The summed E-state index contributed by atoms with van der Waals surface area (Å²) >= 11 is 1.88. The molecular formula is C32H44N2O3S. The number of rotatable bonds is 12. The Morgan fingerprint density at radius 2 is 1.79 bits per heavy atom. The van der Waals surface area contributed by atoms with Crippen LogP contribution in [0.4, 0.5) is 0 Å². The van der Waals surface area contributed by atoms with Crippen LogP contribution in [0, 0.1) is 11.8 Å². The van der Waals surface area contributed by atoms with Crippen molar-refractivity contribution in [1.82, 2.24) is 9.97 Å². The van der Waals surface area contributed by atoms with Crippen LogP contribution < -0.4 is 4.74 Å². The maximum atomic E-state index is 11.5. The van der Waals surface area contributed by atoms with Crippen LogP contribution in [0.1, 0.15) is 115 Å². The Bertz CT molecular complexity index is 1130. The van der Waals surface area contributed by atoms with Gasteiger partial charge in [0.1, 0.15) is 17.2 Å². The highest BCUT2D eigenvalue weighted by Gasteiger charge is 2.39. The molecule has 0 N–H and O–H groups in total. The highest BCUT2D eigenvalue weighted by atomic mass is 32.2. The fourth-order valence-corrected chi connectivity index (χ4v) is 6.09. The molecule has 1 aliphatic rings. The fraction of sp³-hybridized carbons (Fsp3) is 0.594. The van der Waals surface area contributed by atoms with Crippen molar-refractivity contribution < 1.29 is 14.3 Å². The minimum atomic E-state index is -0.190. The van der Waals surface area contributed by atoms with Crippen molar-refractivity contribution in [3.05, 3.63) is 47.0 Å². The zero-order valence-corrected chi connectivity index (χ0v) is 24.9. The van der Waals surface area contributed by atoms with Crippen LogP contribution in [-0.4, -0.2) is 33.9 Å². The third kappa shape index (κ3) is 9.05. The van der Waals surface area contributed by atoms with Gasteiger partial charge in [0.25, 0.3) is 0 Å². The van der Waals surface area contributed by atoms with Gasteiger partial charge in [-0.3, -0.25) is 4.79 Å². The van der Waals surface area contributed by atoms with Gasteiger partial charge in [-0.2, -0.15) is 0 Å². The van der Waals surface area contributed by atoms with E-state index in [1.807, 2.05) is 18.7 Å².